The van der Waals surface area contributed by atoms with Gasteiger partial charge in [0.25, 0.3) is 0 Å². The summed E-state index contributed by atoms with van der Waals surface area (Å²) >= 11 is 0. The van der Waals surface area contributed by atoms with Crippen LogP contribution in [0.25, 0.3) is 5.52 Å². The zero-order valence-corrected chi connectivity index (χ0v) is 8.92. The van der Waals surface area contributed by atoms with Gasteiger partial charge in [0.05, 0.1) is 5.69 Å². The maximum atomic E-state index is 13.6. The van der Waals surface area contributed by atoms with Crippen molar-refractivity contribution >= 4 is 5.52 Å². The first-order valence-electron chi connectivity index (χ1n) is 5.06. The normalized spacial score (nSPS) is 11.1. The molecule has 0 amide bonds. The maximum Gasteiger partial charge on any atom is 0.149 e. The van der Waals surface area contributed by atoms with Gasteiger partial charge < -0.3 is 9.72 Å². The van der Waals surface area contributed by atoms with E-state index in [1.807, 2.05) is 24.6 Å². The standard InChI is InChI=1S/C11H14FN3/c1-3-10-14-9(7-13-2)11-8(12)5-4-6-15(10)11/h4-6,13H,3,7H2,1-2H3. The molecule has 0 radical (unpaired) electrons. The molecule has 0 saturated heterocycles. The van der Waals surface area contributed by atoms with Crippen LogP contribution >= 0.6 is 0 Å². The molecule has 0 bridgehead atoms. The fourth-order valence-corrected chi connectivity index (χ4v) is 1.78. The predicted octanol–water partition coefficient (Wildman–Crippen LogP) is 1.76. The van der Waals surface area contributed by atoms with Crippen LogP contribution in [0.4, 0.5) is 4.39 Å². The molecule has 0 saturated carbocycles. The van der Waals surface area contributed by atoms with Crippen LogP contribution < -0.4 is 5.32 Å². The first kappa shape index (κ1) is 10.1. The zero-order chi connectivity index (χ0) is 10.8. The van der Waals surface area contributed by atoms with E-state index in [1.54, 1.807) is 6.07 Å². The van der Waals surface area contributed by atoms with Gasteiger partial charge in [0, 0.05) is 19.2 Å². The molecule has 2 aromatic rings. The highest BCUT2D eigenvalue weighted by Crippen LogP contribution is 2.17. The average molecular weight is 207 g/mol. The monoisotopic (exact) mass is 207 g/mol. The number of halogens is 1. The molecule has 15 heavy (non-hydrogen) atoms. The summed E-state index contributed by atoms with van der Waals surface area (Å²) < 4.78 is 15.5. The Bertz CT molecular complexity index is 476. The third-order valence-electron chi connectivity index (χ3n) is 2.42. The number of imidazole rings is 1. The fourth-order valence-electron chi connectivity index (χ4n) is 1.78. The maximum absolute atomic E-state index is 13.6. The molecule has 0 unspecified atom stereocenters. The molecular weight excluding hydrogens is 193 g/mol. The Kier molecular flexibility index (Phi) is 2.68. The summed E-state index contributed by atoms with van der Waals surface area (Å²) in [6.07, 6.45) is 2.65. The molecule has 0 spiro atoms. The van der Waals surface area contributed by atoms with Gasteiger partial charge in [-0.15, -0.1) is 0 Å². The molecule has 0 fully saturated rings. The largest absolute Gasteiger partial charge is 0.314 e. The van der Waals surface area contributed by atoms with E-state index in [4.69, 9.17) is 0 Å². The lowest BCUT2D eigenvalue weighted by molar-refractivity contribution is 0.630. The number of nitrogens with one attached hydrogen (secondary N) is 1. The SMILES string of the molecule is CCc1nc(CNC)c2c(F)cccn12. The predicted molar refractivity (Wildman–Crippen MR) is 57.3 cm³/mol. The van der Waals surface area contributed by atoms with Gasteiger partial charge in [-0.25, -0.2) is 9.37 Å². The zero-order valence-electron chi connectivity index (χ0n) is 8.92. The van der Waals surface area contributed by atoms with Crippen molar-refractivity contribution in [2.75, 3.05) is 7.05 Å². The molecule has 3 nitrogen and oxygen atoms in total. The first-order valence-corrected chi connectivity index (χ1v) is 5.06. The second-order valence-electron chi connectivity index (χ2n) is 3.43. The van der Waals surface area contributed by atoms with Gasteiger partial charge in [0.2, 0.25) is 0 Å². The highest BCUT2D eigenvalue weighted by Gasteiger charge is 2.12. The van der Waals surface area contributed by atoms with Crippen molar-refractivity contribution in [1.82, 2.24) is 14.7 Å². The number of aromatic nitrogens is 2. The summed E-state index contributed by atoms with van der Waals surface area (Å²) in [4.78, 5) is 4.42. The summed E-state index contributed by atoms with van der Waals surface area (Å²) in [5, 5.41) is 3.00. The molecule has 0 aliphatic carbocycles. The minimum Gasteiger partial charge on any atom is -0.314 e. The molecule has 0 atom stereocenters. The van der Waals surface area contributed by atoms with Gasteiger partial charge in [-0.3, -0.25) is 0 Å². The van der Waals surface area contributed by atoms with E-state index in [2.05, 4.69) is 10.3 Å². The van der Waals surface area contributed by atoms with Crippen LogP contribution in [0, 0.1) is 5.82 Å². The average Bonchev–Trinajstić information content (AvgIpc) is 2.59. The molecule has 1 N–H and O–H groups in total. The second kappa shape index (κ2) is 3.98. The van der Waals surface area contributed by atoms with Crippen LogP contribution in [0.15, 0.2) is 18.3 Å². The molecule has 4 heteroatoms. The van der Waals surface area contributed by atoms with E-state index in [-0.39, 0.29) is 5.82 Å². The molecule has 2 aromatic heterocycles. The second-order valence-corrected chi connectivity index (χ2v) is 3.43. The topological polar surface area (TPSA) is 29.3 Å². The van der Waals surface area contributed by atoms with Crippen molar-refractivity contribution < 1.29 is 4.39 Å². The number of hydrogen-bond donors (Lipinski definition) is 1. The summed E-state index contributed by atoms with van der Waals surface area (Å²) in [5.41, 5.74) is 1.36. The van der Waals surface area contributed by atoms with E-state index >= 15 is 0 Å². The van der Waals surface area contributed by atoms with Gasteiger partial charge in [-0.05, 0) is 19.2 Å². The highest BCUT2D eigenvalue weighted by atomic mass is 19.1. The van der Waals surface area contributed by atoms with Crippen molar-refractivity contribution in [2.24, 2.45) is 0 Å². The minimum absolute atomic E-state index is 0.213. The van der Waals surface area contributed by atoms with Crippen molar-refractivity contribution in [1.29, 1.82) is 0 Å². The Morgan fingerprint density at radius 2 is 2.33 bits per heavy atom. The lowest BCUT2D eigenvalue weighted by Crippen LogP contribution is -2.06. The van der Waals surface area contributed by atoms with E-state index in [0.717, 1.165) is 17.9 Å². The van der Waals surface area contributed by atoms with Crippen molar-refractivity contribution in [2.45, 2.75) is 19.9 Å². The number of pyridine rings is 1. The van der Waals surface area contributed by atoms with Crippen LogP contribution in [-0.2, 0) is 13.0 Å². The highest BCUT2D eigenvalue weighted by molar-refractivity contribution is 5.54. The number of fused-ring (bicyclic) bond motifs is 1. The van der Waals surface area contributed by atoms with Gasteiger partial charge in [-0.2, -0.15) is 0 Å². The quantitative estimate of drug-likeness (QED) is 0.831. The van der Waals surface area contributed by atoms with E-state index in [9.17, 15) is 4.39 Å². The van der Waals surface area contributed by atoms with E-state index in [0.29, 0.717) is 12.1 Å². The van der Waals surface area contributed by atoms with Crippen LogP contribution in [-0.4, -0.2) is 16.4 Å². The Hall–Kier alpha value is -1.42. The Morgan fingerprint density at radius 3 is 3.00 bits per heavy atom. The smallest absolute Gasteiger partial charge is 0.149 e. The lowest BCUT2D eigenvalue weighted by Gasteiger charge is -1.99. The Morgan fingerprint density at radius 1 is 1.53 bits per heavy atom. The molecule has 0 aliphatic rings. The summed E-state index contributed by atoms with van der Waals surface area (Å²) in [5.74, 6) is 0.685. The van der Waals surface area contributed by atoms with E-state index in [1.165, 1.54) is 6.07 Å². The Labute approximate surface area is 87.9 Å². The van der Waals surface area contributed by atoms with Gasteiger partial charge in [0.1, 0.15) is 17.2 Å². The van der Waals surface area contributed by atoms with E-state index < -0.39 is 0 Å². The third-order valence-corrected chi connectivity index (χ3v) is 2.42. The molecule has 2 heterocycles. The van der Waals surface area contributed by atoms with Crippen LogP contribution in [0.5, 0.6) is 0 Å². The van der Waals surface area contributed by atoms with Crippen LogP contribution in [0.3, 0.4) is 0 Å². The van der Waals surface area contributed by atoms with Crippen molar-refractivity contribution in [3.63, 3.8) is 0 Å². The number of hydrogen-bond acceptors (Lipinski definition) is 2. The minimum atomic E-state index is -0.213. The van der Waals surface area contributed by atoms with Gasteiger partial charge in [-0.1, -0.05) is 6.92 Å². The molecule has 0 aliphatic heterocycles. The van der Waals surface area contributed by atoms with Crippen LogP contribution in [0.2, 0.25) is 0 Å². The van der Waals surface area contributed by atoms with Crippen LogP contribution in [0.1, 0.15) is 18.4 Å². The number of nitrogens with zero attached hydrogens (tertiary/aromatic N) is 2. The molecule has 2 rings (SSSR count). The summed E-state index contributed by atoms with van der Waals surface area (Å²) in [7, 11) is 1.83. The fraction of sp³-hybridized carbons (Fsp3) is 0.364. The lowest BCUT2D eigenvalue weighted by atomic mass is 10.3. The molecular formula is C11H14FN3. The first-order chi connectivity index (χ1) is 7.27. The Balaban J connectivity index is 2.70. The van der Waals surface area contributed by atoms with Gasteiger partial charge in [0.15, 0.2) is 0 Å². The molecule has 80 valence electrons. The van der Waals surface area contributed by atoms with Gasteiger partial charge >= 0.3 is 0 Å². The number of aryl methyl sites for hydroxylation is 1. The van der Waals surface area contributed by atoms with Crippen molar-refractivity contribution in [3.05, 3.63) is 35.7 Å². The third kappa shape index (κ3) is 1.61. The summed E-state index contributed by atoms with van der Waals surface area (Å²) in [6.45, 7) is 2.60. The summed E-state index contributed by atoms with van der Waals surface area (Å²) in [6, 6.07) is 3.17. The van der Waals surface area contributed by atoms with Crippen molar-refractivity contribution in [3.8, 4) is 0 Å². The number of rotatable bonds is 3. The molecule has 0 aromatic carbocycles.